The van der Waals surface area contributed by atoms with E-state index in [0.29, 0.717) is 16.0 Å². The summed E-state index contributed by atoms with van der Waals surface area (Å²) in [6, 6.07) is 6.75. The highest BCUT2D eigenvalue weighted by Gasteiger charge is 2.21. The molecule has 1 aromatic carbocycles. The molecule has 0 spiro atoms. The van der Waals surface area contributed by atoms with Crippen LogP contribution in [0, 0.1) is 0 Å². The number of thiophene rings is 1. The summed E-state index contributed by atoms with van der Waals surface area (Å²) in [5.74, 6) is 0.818. The zero-order chi connectivity index (χ0) is 15.5. The van der Waals surface area contributed by atoms with E-state index < -0.39 is 10.0 Å². The van der Waals surface area contributed by atoms with Crippen LogP contribution >= 0.6 is 27.3 Å². The van der Waals surface area contributed by atoms with Gasteiger partial charge in [0.15, 0.2) is 11.5 Å². The molecule has 5 nitrogen and oxygen atoms in total. The number of hydrogen-bond acceptors (Lipinski definition) is 5. The van der Waals surface area contributed by atoms with Crippen molar-refractivity contribution < 1.29 is 17.9 Å². The molecule has 0 aliphatic heterocycles. The Labute approximate surface area is 136 Å². The Bertz CT molecular complexity index is 714. The summed E-state index contributed by atoms with van der Waals surface area (Å²) in [6.45, 7) is 0.251. The molecule has 0 aliphatic carbocycles. The minimum atomic E-state index is -3.65. The quantitative estimate of drug-likeness (QED) is 0.821. The van der Waals surface area contributed by atoms with Gasteiger partial charge in [0, 0.05) is 22.0 Å². The molecule has 0 amide bonds. The van der Waals surface area contributed by atoms with Crippen LogP contribution in [0.5, 0.6) is 11.5 Å². The second kappa shape index (κ2) is 6.78. The highest BCUT2D eigenvalue weighted by atomic mass is 79.9. The Hall–Kier alpha value is -1.09. The number of halogens is 1. The van der Waals surface area contributed by atoms with Crippen molar-refractivity contribution in [1.82, 2.24) is 4.72 Å². The summed E-state index contributed by atoms with van der Waals surface area (Å²) >= 11 is 4.75. The zero-order valence-electron chi connectivity index (χ0n) is 11.4. The molecule has 114 valence electrons. The van der Waals surface area contributed by atoms with E-state index >= 15 is 0 Å². The van der Waals surface area contributed by atoms with Gasteiger partial charge in [-0.3, -0.25) is 0 Å². The van der Waals surface area contributed by atoms with Crippen molar-refractivity contribution in [2.75, 3.05) is 14.2 Å². The Morgan fingerprint density at radius 2 is 1.90 bits per heavy atom. The van der Waals surface area contributed by atoms with E-state index in [0.717, 1.165) is 4.88 Å². The highest BCUT2D eigenvalue weighted by Crippen LogP contribution is 2.35. The second-order valence-corrected chi connectivity index (χ2v) is 7.66. The fourth-order valence-electron chi connectivity index (χ4n) is 1.70. The fourth-order valence-corrected chi connectivity index (χ4v) is 4.47. The van der Waals surface area contributed by atoms with E-state index in [-0.39, 0.29) is 11.4 Å². The van der Waals surface area contributed by atoms with Crippen LogP contribution in [-0.4, -0.2) is 22.6 Å². The van der Waals surface area contributed by atoms with Gasteiger partial charge in [0.2, 0.25) is 10.0 Å². The van der Waals surface area contributed by atoms with Crippen LogP contribution in [0.4, 0.5) is 0 Å². The maximum absolute atomic E-state index is 12.4. The normalized spacial score (nSPS) is 11.4. The molecule has 1 heterocycles. The summed E-state index contributed by atoms with van der Waals surface area (Å²) in [5.41, 5.74) is 0. The van der Waals surface area contributed by atoms with Gasteiger partial charge in [0.1, 0.15) is 4.90 Å². The van der Waals surface area contributed by atoms with Gasteiger partial charge < -0.3 is 9.47 Å². The van der Waals surface area contributed by atoms with Crippen molar-refractivity contribution in [3.05, 3.63) is 39.0 Å². The molecule has 2 rings (SSSR count). The van der Waals surface area contributed by atoms with Crippen LogP contribution in [0.1, 0.15) is 4.88 Å². The summed E-state index contributed by atoms with van der Waals surface area (Å²) in [6.07, 6.45) is 0. The third kappa shape index (κ3) is 3.76. The Balaban J connectivity index is 2.31. The van der Waals surface area contributed by atoms with Crippen LogP contribution in [0.3, 0.4) is 0 Å². The van der Waals surface area contributed by atoms with Gasteiger partial charge >= 0.3 is 0 Å². The molecule has 21 heavy (non-hydrogen) atoms. The van der Waals surface area contributed by atoms with E-state index in [2.05, 4.69) is 20.7 Å². The topological polar surface area (TPSA) is 64.6 Å². The van der Waals surface area contributed by atoms with Crippen molar-refractivity contribution in [3.8, 4) is 11.5 Å². The lowest BCUT2D eigenvalue weighted by Crippen LogP contribution is -2.23. The first kappa shape index (κ1) is 16.3. The number of ether oxygens (including phenoxy) is 2. The summed E-state index contributed by atoms with van der Waals surface area (Å²) in [7, 11) is -0.697. The number of methoxy groups -OCH3 is 2. The molecular weight excluding hydrogens is 378 g/mol. The number of rotatable bonds is 6. The molecular formula is C13H14BrNO4S2. The summed E-state index contributed by atoms with van der Waals surface area (Å²) < 4.78 is 38.0. The molecule has 0 saturated carbocycles. The zero-order valence-corrected chi connectivity index (χ0v) is 14.6. The second-order valence-electron chi connectivity index (χ2n) is 4.04. The monoisotopic (exact) mass is 391 g/mol. The van der Waals surface area contributed by atoms with E-state index in [1.165, 1.54) is 31.6 Å². The van der Waals surface area contributed by atoms with Crippen molar-refractivity contribution in [3.63, 3.8) is 0 Å². The van der Waals surface area contributed by atoms with Crippen molar-refractivity contribution in [2.24, 2.45) is 0 Å². The van der Waals surface area contributed by atoms with Gasteiger partial charge in [0.05, 0.1) is 14.2 Å². The molecule has 0 radical (unpaired) electrons. The first-order valence-corrected chi connectivity index (χ1v) is 9.07. The molecule has 2 aromatic rings. The van der Waals surface area contributed by atoms with Gasteiger partial charge in [-0.2, -0.15) is 0 Å². The average molecular weight is 392 g/mol. The number of benzene rings is 1. The van der Waals surface area contributed by atoms with Crippen LogP contribution in [0.2, 0.25) is 0 Å². The van der Waals surface area contributed by atoms with Crippen LogP contribution in [0.15, 0.2) is 39.0 Å². The predicted molar refractivity (Wildman–Crippen MR) is 85.6 cm³/mol. The molecule has 8 heteroatoms. The van der Waals surface area contributed by atoms with Crippen LogP contribution in [-0.2, 0) is 16.6 Å². The number of hydrogen-bond donors (Lipinski definition) is 1. The van der Waals surface area contributed by atoms with Crippen molar-refractivity contribution in [2.45, 2.75) is 11.4 Å². The van der Waals surface area contributed by atoms with E-state index in [4.69, 9.17) is 9.47 Å². The molecule has 0 fully saturated rings. The standard InChI is InChI=1S/C13H14BrNO4S2/c1-18-11-6-10(14)13(7-12(11)19-2)21(16,17)15-8-9-4-3-5-20-9/h3-7,15H,8H2,1-2H3. The van der Waals surface area contributed by atoms with Crippen molar-refractivity contribution >= 4 is 37.3 Å². The maximum atomic E-state index is 12.4. The molecule has 0 aliphatic rings. The third-order valence-electron chi connectivity index (χ3n) is 2.74. The molecule has 1 N–H and O–H groups in total. The Kier molecular flexibility index (Phi) is 5.26. The van der Waals surface area contributed by atoms with E-state index in [1.54, 1.807) is 6.07 Å². The Morgan fingerprint density at radius 3 is 2.48 bits per heavy atom. The lowest BCUT2D eigenvalue weighted by Gasteiger charge is -2.12. The molecule has 0 saturated heterocycles. The number of sulfonamides is 1. The summed E-state index contributed by atoms with van der Waals surface area (Å²) in [5, 5.41) is 1.90. The van der Waals surface area contributed by atoms with Gasteiger partial charge in [-0.25, -0.2) is 13.1 Å². The highest BCUT2D eigenvalue weighted by molar-refractivity contribution is 9.10. The third-order valence-corrected chi connectivity index (χ3v) is 5.98. The van der Waals surface area contributed by atoms with Gasteiger partial charge in [-0.15, -0.1) is 11.3 Å². The van der Waals surface area contributed by atoms with Gasteiger partial charge in [0.25, 0.3) is 0 Å². The molecule has 1 aromatic heterocycles. The predicted octanol–water partition coefficient (Wildman–Crippen LogP) is 3.01. The average Bonchev–Trinajstić information content (AvgIpc) is 2.98. The SMILES string of the molecule is COc1cc(Br)c(S(=O)(=O)NCc2cccs2)cc1OC. The maximum Gasteiger partial charge on any atom is 0.242 e. The van der Waals surface area contributed by atoms with Crippen molar-refractivity contribution in [1.29, 1.82) is 0 Å². The molecule has 0 bridgehead atoms. The molecule has 0 atom stereocenters. The Morgan fingerprint density at radius 1 is 1.24 bits per heavy atom. The minimum Gasteiger partial charge on any atom is -0.493 e. The molecule has 0 unspecified atom stereocenters. The summed E-state index contributed by atoms with van der Waals surface area (Å²) in [4.78, 5) is 1.05. The smallest absolute Gasteiger partial charge is 0.242 e. The first-order valence-electron chi connectivity index (χ1n) is 5.91. The van der Waals surface area contributed by atoms with Gasteiger partial charge in [-0.1, -0.05) is 6.07 Å². The largest absolute Gasteiger partial charge is 0.493 e. The lowest BCUT2D eigenvalue weighted by molar-refractivity contribution is 0.353. The lowest BCUT2D eigenvalue weighted by atomic mass is 10.3. The number of nitrogens with one attached hydrogen (secondary N) is 1. The van der Waals surface area contributed by atoms with E-state index in [1.807, 2.05) is 17.5 Å². The fraction of sp³-hybridized carbons (Fsp3) is 0.231. The minimum absolute atomic E-state index is 0.108. The van der Waals surface area contributed by atoms with Crippen LogP contribution < -0.4 is 14.2 Å². The van der Waals surface area contributed by atoms with Crippen LogP contribution in [0.25, 0.3) is 0 Å². The van der Waals surface area contributed by atoms with E-state index in [9.17, 15) is 8.42 Å². The first-order chi connectivity index (χ1) is 9.97. The van der Waals surface area contributed by atoms with Gasteiger partial charge in [-0.05, 0) is 33.4 Å².